The minimum Gasteiger partial charge on any atom is -0.320 e. The molecular formula is C14H25N3. The first-order valence-corrected chi connectivity index (χ1v) is 7.08. The first-order valence-electron chi connectivity index (χ1n) is 7.08. The van der Waals surface area contributed by atoms with E-state index >= 15 is 0 Å². The lowest BCUT2D eigenvalue weighted by Crippen LogP contribution is -2.09. The van der Waals surface area contributed by atoms with Crippen molar-refractivity contribution in [1.29, 1.82) is 0 Å². The Kier molecular flexibility index (Phi) is 5.05. The molecular weight excluding hydrogens is 210 g/mol. The molecule has 2 rings (SSSR count). The molecule has 1 aliphatic carbocycles. The third-order valence-corrected chi connectivity index (χ3v) is 3.90. The van der Waals surface area contributed by atoms with Crippen molar-refractivity contribution < 1.29 is 0 Å². The molecule has 0 bridgehead atoms. The fraction of sp³-hybridized carbons (Fsp3) is 0.786. The largest absolute Gasteiger partial charge is 0.320 e. The molecule has 0 amide bonds. The van der Waals surface area contributed by atoms with Crippen LogP contribution >= 0.6 is 0 Å². The minimum absolute atomic E-state index is 0.765. The second-order valence-corrected chi connectivity index (χ2v) is 5.20. The van der Waals surface area contributed by atoms with Crippen molar-refractivity contribution >= 4 is 0 Å². The molecule has 96 valence electrons. The van der Waals surface area contributed by atoms with E-state index in [1.54, 1.807) is 0 Å². The van der Waals surface area contributed by atoms with Crippen LogP contribution in [0.3, 0.4) is 0 Å². The summed E-state index contributed by atoms with van der Waals surface area (Å²) in [4.78, 5) is 0. The Hall–Kier alpha value is -0.830. The zero-order valence-electron chi connectivity index (χ0n) is 11.0. The van der Waals surface area contributed by atoms with Crippen molar-refractivity contribution in [3.8, 4) is 0 Å². The van der Waals surface area contributed by atoms with E-state index < -0.39 is 0 Å². The van der Waals surface area contributed by atoms with Crippen LogP contribution in [-0.4, -0.2) is 23.8 Å². The van der Waals surface area contributed by atoms with E-state index in [1.807, 2.05) is 7.05 Å². The highest BCUT2D eigenvalue weighted by Crippen LogP contribution is 2.32. The Balaban J connectivity index is 1.96. The summed E-state index contributed by atoms with van der Waals surface area (Å²) in [7, 11) is 2.01. The van der Waals surface area contributed by atoms with Gasteiger partial charge < -0.3 is 5.32 Å². The van der Waals surface area contributed by atoms with Gasteiger partial charge in [-0.25, -0.2) is 0 Å². The number of aromatic nitrogens is 2. The molecule has 0 atom stereocenters. The van der Waals surface area contributed by atoms with Gasteiger partial charge in [-0.15, -0.1) is 0 Å². The van der Waals surface area contributed by atoms with Gasteiger partial charge in [0.2, 0.25) is 0 Å². The molecule has 1 aliphatic rings. The van der Waals surface area contributed by atoms with Gasteiger partial charge in [0.25, 0.3) is 0 Å². The molecule has 1 fully saturated rings. The third kappa shape index (κ3) is 3.56. The summed E-state index contributed by atoms with van der Waals surface area (Å²) < 4.78 is 0. The van der Waals surface area contributed by atoms with Crippen LogP contribution in [0.4, 0.5) is 0 Å². The Labute approximate surface area is 104 Å². The molecule has 0 spiro atoms. The Bertz CT molecular complexity index is 311. The van der Waals surface area contributed by atoms with Gasteiger partial charge in [0.15, 0.2) is 0 Å². The molecule has 1 heterocycles. The number of rotatable bonds is 5. The second kappa shape index (κ2) is 6.80. The zero-order chi connectivity index (χ0) is 11.9. The van der Waals surface area contributed by atoms with Crippen LogP contribution in [0.1, 0.15) is 62.1 Å². The molecule has 0 radical (unpaired) electrons. The predicted molar refractivity (Wildman–Crippen MR) is 71.3 cm³/mol. The molecule has 0 saturated heterocycles. The van der Waals surface area contributed by atoms with Gasteiger partial charge in [0.05, 0.1) is 6.20 Å². The zero-order valence-corrected chi connectivity index (χ0v) is 11.0. The number of nitrogens with zero attached hydrogens (tertiary/aromatic N) is 1. The van der Waals surface area contributed by atoms with Crippen molar-refractivity contribution in [3.63, 3.8) is 0 Å². The van der Waals surface area contributed by atoms with E-state index in [9.17, 15) is 0 Å². The number of hydrogen-bond donors (Lipinski definition) is 2. The average Bonchev–Trinajstić information content (AvgIpc) is 2.63. The van der Waals surface area contributed by atoms with Gasteiger partial charge in [0, 0.05) is 5.69 Å². The monoisotopic (exact) mass is 235 g/mol. The van der Waals surface area contributed by atoms with Crippen molar-refractivity contribution in [3.05, 3.63) is 17.5 Å². The molecule has 3 nitrogen and oxygen atoms in total. The SMILES string of the molecule is CNCCCc1[nH]ncc1C1CCCCCC1. The summed E-state index contributed by atoms with van der Waals surface area (Å²) in [6.45, 7) is 1.09. The first kappa shape index (κ1) is 12.6. The quantitative estimate of drug-likeness (QED) is 0.608. The van der Waals surface area contributed by atoms with Crippen LogP contribution in [-0.2, 0) is 6.42 Å². The van der Waals surface area contributed by atoms with Crippen LogP contribution in [0.2, 0.25) is 0 Å². The smallest absolute Gasteiger partial charge is 0.0524 e. The maximum absolute atomic E-state index is 4.26. The summed E-state index contributed by atoms with van der Waals surface area (Å²) in [5, 5.41) is 10.7. The summed E-state index contributed by atoms with van der Waals surface area (Å²) in [6.07, 6.45) is 12.7. The number of hydrogen-bond acceptors (Lipinski definition) is 2. The highest BCUT2D eigenvalue weighted by atomic mass is 15.1. The number of aryl methyl sites for hydroxylation is 1. The summed E-state index contributed by atoms with van der Waals surface area (Å²) >= 11 is 0. The van der Waals surface area contributed by atoms with Crippen molar-refractivity contribution in [2.45, 2.75) is 57.3 Å². The topological polar surface area (TPSA) is 40.7 Å². The maximum Gasteiger partial charge on any atom is 0.0524 e. The van der Waals surface area contributed by atoms with E-state index in [0.717, 1.165) is 18.9 Å². The van der Waals surface area contributed by atoms with Crippen LogP contribution < -0.4 is 5.32 Å². The molecule has 0 aromatic carbocycles. The fourth-order valence-corrected chi connectivity index (χ4v) is 2.91. The molecule has 1 aromatic rings. The van der Waals surface area contributed by atoms with E-state index in [1.165, 1.54) is 56.2 Å². The van der Waals surface area contributed by atoms with E-state index in [0.29, 0.717) is 0 Å². The van der Waals surface area contributed by atoms with Crippen LogP contribution in [0.15, 0.2) is 6.20 Å². The second-order valence-electron chi connectivity index (χ2n) is 5.20. The van der Waals surface area contributed by atoms with E-state index in [-0.39, 0.29) is 0 Å². The number of H-pyrrole nitrogens is 1. The maximum atomic E-state index is 4.26. The lowest BCUT2D eigenvalue weighted by atomic mass is 9.91. The molecule has 0 unspecified atom stereocenters. The Morgan fingerprint density at radius 3 is 2.76 bits per heavy atom. The molecule has 3 heteroatoms. The van der Waals surface area contributed by atoms with Crippen molar-refractivity contribution in [2.75, 3.05) is 13.6 Å². The molecule has 2 N–H and O–H groups in total. The van der Waals surface area contributed by atoms with E-state index in [4.69, 9.17) is 0 Å². The van der Waals surface area contributed by atoms with E-state index in [2.05, 4.69) is 21.7 Å². The lowest BCUT2D eigenvalue weighted by Gasteiger charge is -2.14. The molecule has 17 heavy (non-hydrogen) atoms. The molecule has 1 saturated carbocycles. The van der Waals surface area contributed by atoms with Gasteiger partial charge in [-0.05, 0) is 50.8 Å². The summed E-state index contributed by atoms with van der Waals surface area (Å²) in [6, 6.07) is 0. The molecule has 0 aliphatic heterocycles. The standard InChI is InChI=1S/C14H25N3/c1-15-10-6-9-14-13(11-16-17-14)12-7-4-2-3-5-8-12/h11-12,15H,2-10H2,1H3,(H,16,17). The third-order valence-electron chi connectivity index (χ3n) is 3.90. The number of aromatic amines is 1. The minimum atomic E-state index is 0.765. The lowest BCUT2D eigenvalue weighted by molar-refractivity contribution is 0.584. The first-order chi connectivity index (χ1) is 8.42. The van der Waals surface area contributed by atoms with Crippen LogP contribution in [0.25, 0.3) is 0 Å². The van der Waals surface area contributed by atoms with Gasteiger partial charge in [-0.2, -0.15) is 5.10 Å². The van der Waals surface area contributed by atoms with Gasteiger partial charge >= 0.3 is 0 Å². The summed E-state index contributed by atoms with van der Waals surface area (Å²) in [5.41, 5.74) is 2.88. The fourth-order valence-electron chi connectivity index (χ4n) is 2.91. The Morgan fingerprint density at radius 1 is 1.29 bits per heavy atom. The summed E-state index contributed by atoms with van der Waals surface area (Å²) in [5.74, 6) is 0.765. The number of nitrogens with one attached hydrogen (secondary N) is 2. The average molecular weight is 235 g/mol. The van der Waals surface area contributed by atoms with Crippen molar-refractivity contribution in [2.24, 2.45) is 0 Å². The highest BCUT2D eigenvalue weighted by Gasteiger charge is 2.18. The predicted octanol–water partition coefficient (Wildman–Crippen LogP) is 3.00. The Morgan fingerprint density at radius 2 is 2.06 bits per heavy atom. The van der Waals surface area contributed by atoms with Gasteiger partial charge in [0.1, 0.15) is 0 Å². The van der Waals surface area contributed by atoms with Crippen LogP contribution in [0.5, 0.6) is 0 Å². The molecule has 1 aromatic heterocycles. The van der Waals surface area contributed by atoms with Gasteiger partial charge in [-0.3, -0.25) is 5.10 Å². The van der Waals surface area contributed by atoms with Crippen LogP contribution in [0, 0.1) is 0 Å². The normalized spacial score (nSPS) is 18.2. The highest BCUT2D eigenvalue weighted by molar-refractivity contribution is 5.21. The van der Waals surface area contributed by atoms with Gasteiger partial charge in [-0.1, -0.05) is 25.7 Å². The van der Waals surface area contributed by atoms with Crippen molar-refractivity contribution in [1.82, 2.24) is 15.5 Å².